The molecule has 0 unspecified atom stereocenters. The SMILES string of the molecule is COc1ccc(CC(=O)c2cc(=O)c3cccc(Cl)c3o2)c(F)c1. The van der Waals surface area contributed by atoms with Crippen molar-refractivity contribution >= 4 is 28.4 Å². The maximum Gasteiger partial charge on any atom is 0.202 e. The van der Waals surface area contributed by atoms with Gasteiger partial charge in [-0.15, -0.1) is 0 Å². The summed E-state index contributed by atoms with van der Waals surface area (Å²) in [5.41, 5.74) is -0.0507. The zero-order valence-electron chi connectivity index (χ0n) is 12.6. The smallest absolute Gasteiger partial charge is 0.202 e. The van der Waals surface area contributed by atoms with E-state index in [0.717, 1.165) is 6.07 Å². The van der Waals surface area contributed by atoms with E-state index in [2.05, 4.69) is 0 Å². The molecular weight excluding hydrogens is 335 g/mol. The zero-order chi connectivity index (χ0) is 17.3. The Bertz CT molecular complexity index is 994. The average Bonchev–Trinajstić information content (AvgIpc) is 2.57. The Morgan fingerprint density at radius 2 is 2.04 bits per heavy atom. The number of ether oxygens (including phenoxy) is 1. The van der Waals surface area contributed by atoms with Gasteiger partial charge in [-0.1, -0.05) is 23.7 Å². The minimum absolute atomic E-state index is 0.144. The first-order valence-corrected chi connectivity index (χ1v) is 7.45. The summed E-state index contributed by atoms with van der Waals surface area (Å²) in [6, 6.07) is 10.0. The third kappa shape index (κ3) is 3.03. The predicted octanol–water partition coefficient (Wildman–Crippen LogP) is 4.02. The molecule has 0 saturated carbocycles. The molecular formula is C18H12ClFO4. The van der Waals surface area contributed by atoms with Crippen LogP contribution in [-0.2, 0) is 6.42 Å². The van der Waals surface area contributed by atoms with E-state index in [1.54, 1.807) is 24.3 Å². The number of Topliss-reactive ketones (excluding diaryl/α,β-unsaturated/α-hetero) is 1. The van der Waals surface area contributed by atoms with Crippen molar-refractivity contribution in [2.24, 2.45) is 0 Å². The molecule has 0 saturated heterocycles. The number of carbonyl (C=O) groups excluding carboxylic acids is 1. The number of methoxy groups -OCH3 is 1. The average molecular weight is 347 g/mol. The summed E-state index contributed by atoms with van der Waals surface area (Å²) >= 11 is 6.01. The van der Waals surface area contributed by atoms with Gasteiger partial charge in [0.25, 0.3) is 0 Å². The van der Waals surface area contributed by atoms with E-state index < -0.39 is 11.6 Å². The first-order chi connectivity index (χ1) is 11.5. The number of hydrogen-bond donors (Lipinski definition) is 0. The largest absolute Gasteiger partial charge is 0.497 e. The maximum absolute atomic E-state index is 14.0. The molecule has 1 aromatic heterocycles. The number of ketones is 1. The van der Waals surface area contributed by atoms with E-state index in [-0.39, 0.29) is 39.2 Å². The van der Waals surface area contributed by atoms with E-state index in [1.807, 2.05) is 0 Å². The van der Waals surface area contributed by atoms with Gasteiger partial charge < -0.3 is 9.15 Å². The first kappa shape index (κ1) is 16.2. The fourth-order valence-electron chi connectivity index (χ4n) is 2.34. The van der Waals surface area contributed by atoms with Crippen LogP contribution in [0.4, 0.5) is 4.39 Å². The highest BCUT2D eigenvalue weighted by Crippen LogP contribution is 2.23. The predicted molar refractivity (Wildman–Crippen MR) is 88.5 cm³/mol. The molecule has 0 aliphatic rings. The minimum Gasteiger partial charge on any atom is -0.497 e. The molecule has 0 fully saturated rings. The van der Waals surface area contributed by atoms with Crippen molar-refractivity contribution in [1.29, 1.82) is 0 Å². The molecule has 122 valence electrons. The summed E-state index contributed by atoms with van der Waals surface area (Å²) < 4.78 is 24.3. The molecule has 4 nitrogen and oxygen atoms in total. The molecule has 0 amide bonds. The Morgan fingerprint density at radius 1 is 1.25 bits per heavy atom. The molecule has 0 atom stereocenters. The third-order valence-electron chi connectivity index (χ3n) is 3.59. The summed E-state index contributed by atoms with van der Waals surface area (Å²) in [6.07, 6.45) is -0.241. The number of hydrogen-bond acceptors (Lipinski definition) is 4. The molecule has 3 aromatic rings. The lowest BCUT2D eigenvalue weighted by Gasteiger charge is -2.06. The summed E-state index contributed by atoms with van der Waals surface area (Å²) in [5, 5.41) is 0.518. The van der Waals surface area contributed by atoms with Gasteiger partial charge in [-0.3, -0.25) is 9.59 Å². The minimum atomic E-state index is -0.566. The van der Waals surface area contributed by atoms with Crippen LogP contribution < -0.4 is 10.2 Å². The molecule has 24 heavy (non-hydrogen) atoms. The van der Waals surface area contributed by atoms with Gasteiger partial charge in [0.05, 0.1) is 17.5 Å². The maximum atomic E-state index is 14.0. The van der Waals surface area contributed by atoms with E-state index in [0.29, 0.717) is 5.75 Å². The second-order valence-corrected chi connectivity index (χ2v) is 5.56. The second-order valence-electron chi connectivity index (χ2n) is 5.15. The number of benzene rings is 2. The van der Waals surface area contributed by atoms with Crippen molar-refractivity contribution in [3.63, 3.8) is 0 Å². The van der Waals surface area contributed by atoms with Gasteiger partial charge in [-0.05, 0) is 23.8 Å². The molecule has 0 radical (unpaired) electrons. The van der Waals surface area contributed by atoms with Gasteiger partial charge in [-0.25, -0.2) is 4.39 Å². The normalized spacial score (nSPS) is 10.8. The topological polar surface area (TPSA) is 56.5 Å². The Hall–Kier alpha value is -2.66. The van der Waals surface area contributed by atoms with Crippen LogP contribution in [0, 0.1) is 5.82 Å². The molecule has 0 aliphatic heterocycles. The molecule has 0 N–H and O–H groups in total. The van der Waals surface area contributed by atoms with Gasteiger partial charge >= 0.3 is 0 Å². The van der Waals surface area contributed by atoms with E-state index in [9.17, 15) is 14.0 Å². The third-order valence-corrected chi connectivity index (χ3v) is 3.89. The highest BCUT2D eigenvalue weighted by atomic mass is 35.5. The van der Waals surface area contributed by atoms with Gasteiger partial charge in [0.15, 0.2) is 16.8 Å². The monoisotopic (exact) mass is 346 g/mol. The van der Waals surface area contributed by atoms with Gasteiger partial charge in [0.2, 0.25) is 5.78 Å². The number of carbonyl (C=O) groups is 1. The van der Waals surface area contributed by atoms with Crippen molar-refractivity contribution in [3.05, 3.63) is 74.9 Å². The van der Waals surface area contributed by atoms with Crippen LogP contribution in [0.25, 0.3) is 11.0 Å². The van der Waals surface area contributed by atoms with Crippen molar-refractivity contribution < 1.29 is 18.3 Å². The zero-order valence-corrected chi connectivity index (χ0v) is 13.4. The fourth-order valence-corrected chi connectivity index (χ4v) is 2.55. The summed E-state index contributed by atoms with van der Waals surface area (Å²) in [7, 11) is 1.42. The number of rotatable bonds is 4. The number of halogens is 2. The Labute approximate surface area is 141 Å². The van der Waals surface area contributed by atoms with Gasteiger partial charge in [0, 0.05) is 18.6 Å². The van der Waals surface area contributed by atoms with Gasteiger partial charge in [0.1, 0.15) is 11.6 Å². The first-order valence-electron chi connectivity index (χ1n) is 7.07. The van der Waals surface area contributed by atoms with Crippen LogP contribution in [0.15, 0.2) is 51.7 Å². The van der Waals surface area contributed by atoms with Crippen molar-refractivity contribution in [1.82, 2.24) is 0 Å². The van der Waals surface area contributed by atoms with Crippen molar-refractivity contribution in [3.8, 4) is 5.75 Å². The number of fused-ring (bicyclic) bond motifs is 1. The standard InChI is InChI=1S/C18H12ClFO4/c1-23-11-6-5-10(14(20)8-11)7-16(22)17-9-15(21)12-3-2-4-13(19)18(12)24-17/h2-6,8-9H,7H2,1H3. The van der Waals surface area contributed by atoms with Crippen LogP contribution in [0.2, 0.25) is 5.02 Å². The van der Waals surface area contributed by atoms with Crippen LogP contribution in [0.5, 0.6) is 5.75 Å². The Kier molecular flexibility index (Phi) is 4.36. The summed E-state index contributed by atoms with van der Waals surface area (Å²) in [4.78, 5) is 24.5. The lowest BCUT2D eigenvalue weighted by atomic mass is 10.1. The number of para-hydroxylation sites is 1. The lowest BCUT2D eigenvalue weighted by Crippen LogP contribution is -2.10. The van der Waals surface area contributed by atoms with Crippen molar-refractivity contribution in [2.75, 3.05) is 7.11 Å². The van der Waals surface area contributed by atoms with Gasteiger partial charge in [-0.2, -0.15) is 0 Å². The molecule has 6 heteroatoms. The van der Waals surface area contributed by atoms with Crippen LogP contribution in [0.1, 0.15) is 16.1 Å². The Morgan fingerprint density at radius 3 is 2.75 bits per heavy atom. The van der Waals surface area contributed by atoms with Crippen LogP contribution in [0.3, 0.4) is 0 Å². The van der Waals surface area contributed by atoms with E-state index >= 15 is 0 Å². The van der Waals surface area contributed by atoms with Crippen LogP contribution in [-0.4, -0.2) is 12.9 Å². The molecule has 0 aliphatic carbocycles. The molecule has 1 heterocycles. The lowest BCUT2D eigenvalue weighted by molar-refractivity contribution is 0.0965. The molecule has 2 aromatic carbocycles. The molecule has 0 spiro atoms. The summed E-state index contributed by atoms with van der Waals surface area (Å²) in [6.45, 7) is 0. The fraction of sp³-hybridized carbons (Fsp3) is 0.111. The molecule has 3 rings (SSSR count). The second kappa shape index (κ2) is 6.45. The van der Waals surface area contributed by atoms with E-state index in [4.69, 9.17) is 20.8 Å². The highest BCUT2D eigenvalue weighted by molar-refractivity contribution is 6.34. The molecule has 0 bridgehead atoms. The summed E-state index contributed by atoms with van der Waals surface area (Å²) in [5.74, 6) is -0.884. The van der Waals surface area contributed by atoms with Crippen LogP contribution >= 0.6 is 11.6 Å². The quantitative estimate of drug-likeness (QED) is 0.669. The Balaban J connectivity index is 1.97. The van der Waals surface area contributed by atoms with Crippen molar-refractivity contribution in [2.45, 2.75) is 6.42 Å². The van der Waals surface area contributed by atoms with E-state index in [1.165, 1.54) is 19.2 Å². The highest BCUT2D eigenvalue weighted by Gasteiger charge is 2.16.